The van der Waals surface area contributed by atoms with Crippen LogP contribution in [-0.2, 0) is 0 Å². The predicted octanol–water partition coefficient (Wildman–Crippen LogP) is 5.01. The summed E-state index contributed by atoms with van der Waals surface area (Å²) in [5, 5.41) is 8.00. The van der Waals surface area contributed by atoms with Crippen molar-refractivity contribution < 1.29 is 4.39 Å². The van der Waals surface area contributed by atoms with Crippen LogP contribution in [0.3, 0.4) is 0 Å². The summed E-state index contributed by atoms with van der Waals surface area (Å²) in [4.78, 5) is 17.6. The molecule has 0 radical (unpaired) electrons. The molecule has 5 heterocycles. The number of nitrogens with two attached hydrogens (primary N) is 1. The summed E-state index contributed by atoms with van der Waals surface area (Å²) in [6.45, 7) is 0. The number of rotatable bonds is 3. The Morgan fingerprint density at radius 1 is 1.00 bits per heavy atom. The van der Waals surface area contributed by atoms with E-state index in [9.17, 15) is 4.39 Å². The summed E-state index contributed by atoms with van der Waals surface area (Å²) in [7, 11) is 0. The summed E-state index contributed by atoms with van der Waals surface area (Å²) < 4.78 is 13.6. The Balaban J connectivity index is 1.51. The first kappa shape index (κ1) is 17.7. The second kappa shape index (κ2) is 6.71. The molecule has 6 aromatic rings. The number of hydrogen-bond acceptors (Lipinski definition) is 6. The van der Waals surface area contributed by atoms with Gasteiger partial charge < -0.3 is 10.7 Å². The molecular formula is C22H14FN7S. The highest BCUT2D eigenvalue weighted by Gasteiger charge is 2.17. The average molecular weight is 427 g/mol. The minimum Gasteiger partial charge on any atom is -0.397 e. The van der Waals surface area contributed by atoms with E-state index >= 15 is 0 Å². The molecule has 0 aliphatic heterocycles. The van der Waals surface area contributed by atoms with E-state index in [4.69, 9.17) is 10.7 Å². The normalized spacial score (nSPS) is 11.5. The van der Waals surface area contributed by atoms with Crippen molar-refractivity contribution in [2.24, 2.45) is 0 Å². The molecule has 4 N–H and O–H groups in total. The fourth-order valence-electron chi connectivity index (χ4n) is 3.66. The SMILES string of the molecule is Nc1cncc(-c2cnc3[nH]nc(-c4nc5c(-c6ccc(F)s6)cccc5[nH]4)c3c2)c1. The van der Waals surface area contributed by atoms with E-state index in [0.29, 0.717) is 22.9 Å². The molecule has 1 aromatic carbocycles. The van der Waals surface area contributed by atoms with Crippen molar-refractivity contribution >= 4 is 39.1 Å². The Bertz CT molecular complexity index is 1580. The summed E-state index contributed by atoms with van der Waals surface area (Å²) in [6.07, 6.45) is 5.10. The number of nitrogens with zero attached hydrogens (tertiary/aromatic N) is 4. The lowest BCUT2D eigenvalue weighted by Crippen LogP contribution is -1.89. The van der Waals surface area contributed by atoms with Gasteiger partial charge in [0.05, 0.1) is 22.1 Å². The van der Waals surface area contributed by atoms with Crippen molar-refractivity contribution in [1.29, 1.82) is 0 Å². The quantitative estimate of drug-likeness (QED) is 0.368. The Kier molecular flexibility index (Phi) is 3.84. The minimum absolute atomic E-state index is 0.226. The number of anilines is 1. The third kappa shape index (κ3) is 2.94. The Morgan fingerprint density at radius 2 is 1.90 bits per heavy atom. The summed E-state index contributed by atoms with van der Waals surface area (Å²) in [5.74, 6) is 0.607. The molecule has 5 aromatic heterocycles. The first-order chi connectivity index (χ1) is 15.2. The van der Waals surface area contributed by atoms with Crippen LogP contribution in [0.4, 0.5) is 10.1 Å². The smallest absolute Gasteiger partial charge is 0.176 e. The molecule has 0 saturated heterocycles. The van der Waals surface area contributed by atoms with Gasteiger partial charge >= 0.3 is 0 Å². The number of aromatic amines is 2. The van der Waals surface area contributed by atoms with Crippen LogP contribution < -0.4 is 5.73 Å². The van der Waals surface area contributed by atoms with Crippen molar-refractivity contribution in [2.45, 2.75) is 0 Å². The lowest BCUT2D eigenvalue weighted by Gasteiger charge is -2.02. The highest BCUT2D eigenvalue weighted by molar-refractivity contribution is 7.14. The molecular weight excluding hydrogens is 413 g/mol. The minimum atomic E-state index is -0.226. The number of para-hydroxylation sites is 1. The van der Waals surface area contributed by atoms with Gasteiger partial charge in [0, 0.05) is 40.2 Å². The third-order valence-electron chi connectivity index (χ3n) is 5.08. The van der Waals surface area contributed by atoms with E-state index in [0.717, 1.165) is 49.3 Å². The second-order valence-electron chi connectivity index (χ2n) is 7.09. The highest BCUT2D eigenvalue weighted by atomic mass is 32.1. The van der Waals surface area contributed by atoms with Gasteiger partial charge in [0.15, 0.2) is 16.6 Å². The Morgan fingerprint density at radius 3 is 2.74 bits per heavy atom. The van der Waals surface area contributed by atoms with E-state index in [1.54, 1.807) is 24.7 Å². The van der Waals surface area contributed by atoms with Crippen LogP contribution in [0.15, 0.2) is 61.1 Å². The van der Waals surface area contributed by atoms with Gasteiger partial charge in [-0.2, -0.15) is 9.49 Å². The maximum absolute atomic E-state index is 13.6. The number of halogens is 1. The van der Waals surface area contributed by atoms with Crippen molar-refractivity contribution in [2.75, 3.05) is 5.73 Å². The number of pyridine rings is 2. The first-order valence-electron chi connectivity index (χ1n) is 9.45. The molecule has 9 heteroatoms. The monoisotopic (exact) mass is 427 g/mol. The van der Waals surface area contributed by atoms with Gasteiger partial charge in [-0.1, -0.05) is 12.1 Å². The van der Waals surface area contributed by atoms with Crippen molar-refractivity contribution in [3.05, 3.63) is 66.2 Å². The van der Waals surface area contributed by atoms with Gasteiger partial charge in [-0.15, -0.1) is 11.3 Å². The zero-order chi connectivity index (χ0) is 20.9. The largest absolute Gasteiger partial charge is 0.397 e. The van der Waals surface area contributed by atoms with Gasteiger partial charge in [0.2, 0.25) is 0 Å². The van der Waals surface area contributed by atoms with Crippen LogP contribution in [0.1, 0.15) is 0 Å². The molecule has 0 atom stereocenters. The van der Waals surface area contributed by atoms with Crippen molar-refractivity contribution in [3.8, 4) is 33.1 Å². The maximum atomic E-state index is 13.6. The predicted molar refractivity (Wildman–Crippen MR) is 120 cm³/mol. The van der Waals surface area contributed by atoms with Gasteiger partial charge in [-0.05, 0) is 30.3 Å². The Labute approximate surface area is 178 Å². The fraction of sp³-hybridized carbons (Fsp3) is 0. The zero-order valence-corrected chi connectivity index (χ0v) is 16.7. The van der Waals surface area contributed by atoms with E-state index in [1.807, 2.05) is 30.3 Å². The van der Waals surface area contributed by atoms with Gasteiger partial charge in [0.25, 0.3) is 0 Å². The number of benzene rings is 1. The molecule has 0 fully saturated rings. The van der Waals surface area contributed by atoms with Gasteiger partial charge in [0.1, 0.15) is 5.69 Å². The highest BCUT2D eigenvalue weighted by Crippen LogP contribution is 2.35. The number of hydrogen-bond donors (Lipinski definition) is 3. The number of fused-ring (bicyclic) bond motifs is 2. The number of H-pyrrole nitrogens is 2. The number of nitrogen functional groups attached to an aromatic ring is 1. The molecule has 150 valence electrons. The maximum Gasteiger partial charge on any atom is 0.176 e. The van der Waals surface area contributed by atoms with E-state index in [2.05, 4.69) is 25.1 Å². The van der Waals surface area contributed by atoms with Crippen molar-refractivity contribution in [1.82, 2.24) is 30.1 Å². The Hall–Kier alpha value is -4.11. The number of aromatic nitrogens is 6. The lowest BCUT2D eigenvalue weighted by molar-refractivity contribution is 0.657. The zero-order valence-electron chi connectivity index (χ0n) is 15.9. The van der Waals surface area contributed by atoms with Crippen molar-refractivity contribution in [3.63, 3.8) is 0 Å². The van der Waals surface area contributed by atoms with Gasteiger partial charge in [-0.3, -0.25) is 10.1 Å². The molecule has 6 rings (SSSR count). The molecule has 0 amide bonds. The third-order valence-corrected chi connectivity index (χ3v) is 5.99. The average Bonchev–Trinajstić information content (AvgIpc) is 3.50. The van der Waals surface area contributed by atoms with Crippen LogP contribution >= 0.6 is 11.3 Å². The molecule has 0 bridgehead atoms. The molecule has 0 aliphatic carbocycles. The molecule has 0 unspecified atom stereocenters. The molecule has 7 nitrogen and oxygen atoms in total. The number of thiophene rings is 1. The molecule has 31 heavy (non-hydrogen) atoms. The summed E-state index contributed by atoms with van der Waals surface area (Å²) >= 11 is 1.10. The van der Waals surface area contributed by atoms with Crippen LogP contribution in [0.25, 0.3) is 55.2 Å². The second-order valence-corrected chi connectivity index (χ2v) is 8.12. The van der Waals surface area contributed by atoms with Crippen LogP contribution in [0.2, 0.25) is 0 Å². The number of imidazole rings is 1. The molecule has 0 aliphatic rings. The molecule has 0 spiro atoms. The van der Waals surface area contributed by atoms with Crippen LogP contribution in [-0.4, -0.2) is 30.1 Å². The standard InChI is InChI=1S/C22H14FN7S/c23-18-5-4-17(31-18)14-2-1-3-16-19(14)28-22(27-16)20-15-7-12(9-26-21(15)30-29-20)11-6-13(24)10-25-8-11/h1-10H,24H2,(H,27,28)(H,26,29,30). The van der Waals surface area contributed by atoms with E-state index in [-0.39, 0.29) is 5.13 Å². The lowest BCUT2D eigenvalue weighted by atomic mass is 10.1. The topological polar surface area (TPSA) is 109 Å². The summed E-state index contributed by atoms with van der Waals surface area (Å²) in [5.41, 5.74) is 12.0. The fourth-order valence-corrected chi connectivity index (χ4v) is 4.42. The first-order valence-corrected chi connectivity index (χ1v) is 10.3. The van der Waals surface area contributed by atoms with Gasteiger partial charge in [-0.25, -0.2) is 9.97 Å². The van der Waals surface area contributed by atoms with E-state index < -0.39 is 0 Å². The molecule has 0 saturated carbocycles. The number of nitrogens with one attached hydrogen (secondary N) is 2. The van der Waals surface area contributed by atoms with Crippen LogP contribution in [0, 0.1) is 5.13 Å². The van der Waals surface area contributed by atoms with Crippen LogP contribution in [0.5, 0.6) is 0 Å². The van der Waals surface area contributed by atoms with E-state index in [1.165, 1.54) is 6.07 Å². The summed E-state index contributed by atoms with van der Waals surface area (Å²) in [6, 6.07) is 12.9.